The first-order chi connectivity index (χ1) is 4.83. The van der Waals surface area contributed by atoms with Gasteiger partial charge in [0, 0.05) is 0 Å². The van der Waals surface area contributed by atoms with Gasteiger partial charge in [-0.25, -0.2) is 0 Å². The second-order valence-corrected chi connectivity index (χ2v) is 1.42. The zero-order valence-electron chi connectivity index (χ0n) is 5.33. The van der Waals surface area contributed by atoms with Crippen LogP contribution in [0.4, 0.5) is 4.39 Å². The lowest BCUT2D eigenvalue weighted by atomic mass is 10.8. The second-order valence-electron chi connectivity index (χ2n) is 1.42. The Morgan fingerprint density at radius 1 is 1.60 bits per heavy atom. The molecule has 1 radical (unpaired) electrons. The molecule has 0 aromatic carbocycles. The smallest absolute Gasteiger partial charge is 0.322 e. The molecule has 0 aliphatic heterocycles. The largest absolute Gasteiger partial charge is 0.464 e. The molecule has 0 atom stereocenters. The van der Waals surface area contributed by atoms with Crippen molar-refractivity contribution in [2.24, 2.45) is 0 Å². The third-order valence-corrected chi connectivity index (χ3v) is 0.749. The summed E-state index contributed by atoms with van der Waals surface area (Å²) >= 11 is 0. The minimum absolute atomic E-state index is 0.0324. The number of aromatic nitrogens is 3. The van der Waals surface area contributed by atoms with E-state index < -0.39 is 6.08 Å². The fraction of sp³-hybridized carbons (Fsp3) is 0.400. The molecule has 0 aliphatic rings. The summed E-state index contributed by atoms with van der Waals surface area (Å²) < 4.78 is 16.9. The lowest BCUT2D eigenvalue weighted by Gasteiger charge is -1.96. The lowest BCUT2D eigenvalue weighted by Crippen LogP contribution is -2.00. The Labute approximate surface area is 57.1 Å². The monoisotopic (exact) mass is 142 g/mol. The maximum absolute atomic E-state index is 12.1. The van der Waals surface area contributed by atoms with Gasteiger partial charge in [0.1, 0.15) is 0 Å². The predicted octanol–water partition coefficient (Wildman–Crippen LogP) is 0.210. The van der Waals surface area contributed by atoms with Gasteiger partial charge in [0.2, 0.25) is 6.33 Å². The highest BCUT2D eigenvalue weighted by Gasteiger charge is 1.97. The van der Waals surface area contributed by atoms with Crippen LogP contribution in [0.5, 0.6) is 6.01 Å². The summed E-state index contributed by atoms with van der Waals surface area (Å²) in [6.45, 7) is 2.15. The lowest BCUT2D eigenvalue weighted by molar-refractivity contribution is 0.302. The normalized spacial score (nSPS) is 9.40. The van der Waals surface area contributed by atoms with E-state index in [9.17, 15) is 4.39 Å². The molecule has 0 saturated carbocycles. The van der Waals surface area contributed by atoms with Crippen LogP contribution in [0.15, 0.2) is 0 Å². The Kier molecular flexibility index (Phi) is 2.09. The van der Waals surface area contributed by atoms with Crippen molar-refractivity contribution in [2.75, 3.05) is 6.61 Å². The van der Waals surface area contributed by atoms with Crippen LogP contribution in [0.2, 0.25) is 0 Å². The number of nitrogens with zero attached hydrogens (tertiary/aromatic N) is 3. The summed E-state index contributed by atoms with van der Waals surface area (Å²) in [6, 6.07) is -0.0324. The number of ether oxygens (including phenoxy) is 1. The van der Waals surface area contributed by atoms with E-state index in [0.717, 1.165) is 0 Å². The van der Waals surface area contributed by atoms with Crippen molar-refractivity contribution >= 4 is 0 Å². The molecule has 1 rings (SSSR count). The van der Waals surface area contributed by atoms with Crippen molar-refractivity contribution in [3.8, 4) is 6.01 Å². The molecule has 53 valence electrons. The molecule has 0 N–H and O–H groups in total. The Balaban J connectivity index is 2.75. The zero-order valence-corrected chi connectivity index (χ0v) is 5.33. The predicted molar refractivity (Wildman–Crippen MR) is 29.8 cm³/mol. The fourth-order valence-electron chi connectivity index (χ4n) is 0.432. The Morgan fingerprint density at radius 3 is 3.00 bits per heavy atom. The molecule has 0 saturated heterocycles. The van der Waals surface area contributed by atoms with Crippen LogP contribution in [0.1, 0.15) is 6.92 Å². The van der Waals surface area contributed by atoms with Crippen molar-refractivity contribution in [1.29, 1.82) is 0 Å². The molecule has 0 spiro atoms. The fourth-order valence-corrected chi connectivity index (χ4v) is 0.432. The quantitative estimate of drug-likeness (QED) is 0.592. The average Bonchev–Trinajstić information content (AvgIpc) is 1.88. The molecular weight excluding hydrogens is 137 g/mol. The van der Waals surface area contributed by atoms with Crippen molar-refractivity contribution < 1.29 is 9.13 Å². The van der Waals surface area contributed by atoms with Gasteiger partial charge in [-0.2, -0.15) is 14.4 Å². The first kappa shape index (κ1) is 6.85. The molecule has 0 bridgehead atoms. The third kappa shape index (κ3) is 1.61. The average molecular weight is 142 g/mol. The van der Waals surface area contributed by atoms with Gasteiger partial charge in [0.25, 0.3) is 0 Å². The maximum atomic E-state index is 12.1. The van der Waals surface area contributed by atoms with Gasteiger partial charge in [0.05, 0.1) is 6.61 Å². The van der Waals surface area contributed by atoms with Crippen LogP contribution in [0, 0.1) is 12.4 Å². The maximum Gasteiger partial charge on any atom is 0.322 e. The van der Waals surface area contributed by atoms with Crippen LogP contribution >= 0.6 is 0 Å². The van der Waals surface area contributed by atoms with Crippen molar-refractivity contribution in [3.05, 3.63) is 12.4 Å². The molecule has 0 aliphatic carbocycles. The summed E-state index contributed by atoms with van der Waals surface area (Å²) in [7, 11) is 0. The van der Waals surface area contributed by atoms with Gasteiger partial charge >= 0.3 is 12.1 Å². The molecule has 1 aromatic heterocycles. The minimum atomic E-state index is -0.876. The first-order valence-electron chi connectivity index (χ1n) is 2.73. The van der Waals surface area contributed by atoms with Gasteiger partial charge in [0.15, 0.2) is 0 Å². The van der Waals surface area contributed by atoms with Gasteiger partial charge in [-0.05, 0) is 6.92 Å². The summed E-state index contributed by atoms with van der Waals surface area (Å²) in [5.41, 5.74) is 0. The van der Waals surface area contributed by atoms with Gasteiger partial charge < -0.3 is 4.74 Å². The van der Waals surface area contributed by atoms with Crippen LogP contribution in [-0.2, 0) is 0 Å². The molecule has 10 heavy (non-hydrogen) atoms. The van der Waals surface area contributed by atoms with E-state index in [1.807, 2.05) is 0 Å². The van der Waals surface area contributed by atoms with Crippen LogP contribution in [-0.4, -0.2) is 21.6 Å². The molecule has 1 heterocycles. The molecular formula is C5H5FN3O. The van der Waals surface area contributed by atoms with E-state index in [2.05, 4.69) is 21.3 Å². The molecule has 0 amide bonds. The second kappa shape index (κ2) is 3.05. The van der Waals surface area contributed by atoms with E-state index in [0.29, 0.717) is 6.61 Å². The summed E-state index contributed by atoms with van der Waals surface area (Å²) in [6.07, 6.45) is 1.18. The molecule has 0 fully saturated rings. The van der Waals surface area contributed by atoms with Crippen molar-refractivity contribution in [3.63, 3.8) is 0 Å². The standard InChI is InChI=1S/C5H5FN3O/c1-2-10-5-8-3-7-4(6)9-5/h2H2,1H3. The van der Waals surface area contributed by atoms with E-state index in [1.54, 1.807) is 6.92 Å². The highest BCUT2D eigenvalue weighted by Crippen LogP contribution is 1.96. The van der Waals surface area contributed by atoms with E-state index in [1.165, 1.54) is 0 Å². The van der Waals surface area contributed by atoms with E-state index in [4.69, 9.17) is 4.74 Å². The number of rotatable bonds is 2. The molecule has 4 nitrogen and oxygen atoms in total. The third-order valence-electron chi connectivity index (χ3n) is 0.749. The van der Waals surface area contributed by atoms with Gasteiger partial charge in [-0.1, -0.05) is 0 Å². The van der Waals surface area contributed by atoms with Gasteiger partial charge in [-0.3, -0.25) is 0 Å². The van der Waals surface area contributed by atoms with Crippen molar-refractivity contribution in [1.82, 2.24) is 15.0 Å². The summed E-state index contributed by atoms with van der Waals surface area (Å²) in [4.78, 5) is 9.67. The first-order valence-corrected chi connectivity index (χ1v) is 2.73. The Bertz CT molecular complexity index is 218. The zero-order chi connectivity index (χ0) is 7.40. The SMILES string of the molecule is CCOc1n[c]nc(F)n1. The number of hydrogen-bond acceptors (Lipinski definition) is 4. The number of halogens is 1. The van der Waals surface area contributed by atoms with Gasteiger partial charge in [-0.15, -0.1) is 4.98 Å². The molecule has 0 unspecified atom stereocenters. The molecule has 1 aromatic rings. The van der Waals surface area contributed by atoms with E-state index in [-0.39, 0.29) is 6.01 Å². The van der Waals surface area contributed by atoms with Crippen LogP contribution in [0.3, 0.4) is 0 Å². The summed E-state index contributed by atoms with van der Waals surface area (Å²) in [5.74, 6) is 0. The van der Waals surface area contributed by atoms with E-state index >= 15 is 0 Å². The topological polar surface area (TPSA) is 47.9 Å². The number of hydrogen-bond donors (Lipinski definition) is 0. The molecule has 5 heteroatoms. The highest BCUT2D eigenvalue weighted by atomic mass is 19.1. The summed E-state index contributed by atoms with van der Waals surface area (Å²) in [5, 5.41) is 0. The van der Waals surface area contributed by atoms with Crippen LogP contribution in [0.25, 0.3) is 0 Å². The highest BCUT2D eigenvalue weighted by molar-refractivity contribution is 4.86. The Hall–Kier alpha value is -1.26. The minimum Gasteiger partial charge on any atom is -0.464 e. The van der Waals surface area contributed by atoms with Crippen molar-refractivity contribution in [2.45, 2.75) is 6.92 Å². The van der Waals surface area contributed by atoms with Crippen LogP contribution < -0.4 is 4.74 Å². The Morgan fingerprint density at radius 2 is 2.40 bits per heavy atom.